The van der Waals surface area contributed by atoms with Gasteiger partial charge in [-0.2, -0.15) is 0 Å². The maximum Gasteiger partial charge on any atom is 0.109 e. The van der Waals surface area contributed by atoms with Gasteiger partial charge in [-0.25, -0.2) is 4.98 Å². The Morgan fingerprint density at radius 2 is 2.21 bits per heavy atom. The summed E-state index contributed by atoms with van der Waals surface area (Å²) in [7, 11) is 0. The normalized spacial score (nSPS) is 29.4. The van der Waals surface area contributed by atoms with Crippen molar-refractivity contribution in [2.24, 2.45) is 17.1 Å². The third kappa shape index (κ3) is 3.77. The number of aryl methyl sites for hydroxylation is 1. The van der Waals surface area contributed by atoms with E-state index in [1.165, 1.54) is 35.6 Å². The predicted molar refractivity (Wildman–Crippen MR) is 82.4 cm³/mol. The van der Waals surface area contributed by atoms with Gasteiger partial charge in [-0.3, -0.25) is 0 Å². The van der Waals surface area contributed by atoms with Gasteiger partial charge in [-0.05, 0) is 44.6 Å². The molecular formula is C15H27N3S. The van der Waals surface area contributed by atoms with Crippen LogP contribution < -0.4 is 11.1 Å². The van der Waals surface area contributed by atoms with E-state index >= 15 is 0 Å². The van der Waals surface area contributed by atoms with Gasteiger partial charge in [0.2, 0.25) is 0 Å². The third-order valence-corrected chi connectivity index (χ3v) is 5.66. The summed E-state index contributed by atoms with van der Waals surface area (Å²) in [6.45, 7) is 8.49. The highest BCUT2D eigenvalue weighted by Gasteiger charge is 2.33. The van der Waals surface area contributed by atoms with Crippen LogP contribution in [-0.2, 0) is 0 Å². The van der Waals surface area contributed by atoms with Crippen molar-refractivity contribution in [2.45, 2.75) is 52.5 Å². The molecule has 1 aromatic heterocycles. The van der Waals surface area contributed by atoms with E-state index in [1.54, 1.807) is 11.3 Å². The molecular weight excluding hydrogens is 254 g/mol. The van der Waals surface area contributed by atoms with E-state index in [1.807, 2.05) is 6.20 Å². The van der Waals surface area contributed by atoms with Crippen molar-refractivity contribution in [1.82, 2.24) is 10.3 Å². The van der Waals surface area contributed by atoms with Crippen LogP contribution in [0.1, 0.15) is 55.5 Å². The standard InChI is InChI=1S/C15H27N3S/c1-11-4-6-15(9-16,7-5-11)10-18-13(3)14-17-8-12(2)19-14/h8,11,13,18H,4-7,9-10,16H2,1-3H3. The molecule has 19 heavy (non-hydrogen) atoms. The molecule has 0 spiro atoms. The minimum absolute atomic E-state index is 0.313. The summed E-state index contributed by atoms with van der Waals surface area (Å²) in [6.07, 6.45) is 7.13. The second kappa shape index (κ2) is 6.33. The van der Waals surface area contributed by atoms with Crippen LogP contribution in [0, 0.1) is 18.3 Å². The lowest BCUT2D eigenvalue weighted by Gasteiger charge is -2.39. The Hall–Kier alpha value is -0.450. The number of hydrogen-bond donors (Lipinski definition) is 2. The minimum atomic E-state index is 0.313. The highest BCUT2D eigenvalue weighted by molar-refractivity contribution is 7.11. The number of aromatic nitrogens is 1. The molecule has 0 saturated heterocycles. The van der Waals surface area contributed by atoms with Gasteiger partial charge in [-0.1, -0.05) is 19.8 Å². The van der Waals surface area contributed by atoms with E-state index in [-0.39, 0.29) is 0 Å². The molecule has 1 heterocycles. The molecule has 2 rings (SSSR count). The molecule has 1 aliphatic carbocycles. The SMILES string of the molecule is Cc1cnc(C(C)NCC2(CN)CCC(C)CC2)s1. The Bertz CT molecular complexity index is 394. The molecule has 0 aromatic carbocycles. The van der Waals surface area contributed by atoms with Gasteiger partial charge in [0, 0.05) is 17.6 Å². The molecule has 3 nitrogen and oxygen atoms in total. The molecule has 108 valence electrons. The quantitative estimate of drug-likeness (QED) is 0.871. The molecule has 3 N–H and O–H groups in total. The van der Waals surface area contributed by atoms with Crippen LogP contribution in [0.15, 0.2) is 6.20 Å². The van der Waals surface area contributed by atoms with Crippen molar-refractivity contribution in [3.8, 4) is 0 Å². The second-order valence-corrected chi connectivity index (χ2v) is 7.56. The monoisotopic (exact) mass is 281 g/mol. The van der Waals surface area contributed by atoms with E-state index in [0.29, 0.717) is 11.5 Å². The first-order chi connectivity index (χ1) is 9.04. The van der Waals surface area contributed by atoms with Gasteiger partial charge in [-0.15, -0.1) is 11.3 Å². The average Bonchev–Trinajstić information content (AvgIpc) is 2.85. The first kappa shape index (κ1) is 14.9. The van der Waals surface area contributed by atoms with Gasteiger partial charge in [0.05, 0.1) is 6.04 Å². The fourth-order valence-electron chi connectivity index (χ4n) is 2.86. The highest BCUT2D eigenvalue weighted by Crippen LogP contribution is 2.38. The van der Waals surface area contributed by atoms with Crippen LogP contribution >= 0.6 is 11.3 Å². The maximum atomic E-state index is 6.06. The lowest BCUT2D eigenvalue weighted by atomic mass is 9.71. The van der Waals surface area contributed by atoms with E-state index in [2.05, 4.69) is 31.1 Å². The summed E-state index contributed by atoms with van der Waals surface area (Å²) in [4.78, 5) is 5.75. The molecule has 1 aliphatic rings. The molecule has 4 heteroatoms. The topological polar surface area (TPSA) is 50.9 Å². The zero-order valence-electron chi connectivity index (χ0n) is 12.4. The van der Waals surface area contributed by atoms with Crippen molar-refractivity contribution in [3.05, 3.63) is 16.1 Å². The number of hydrogen-bond acceptors (Lipinski definition) is 4. The maximum absolute atomic E-state index is 6.06. The highest BCUT2D eigenvalue weighted by atomic mass is 32.1. The smallest absolute Gasteiger partial charge is 0.109 e. The van der Waals surface area contributed by atoms with Crippen LogP contribution in [0.5, 0.6) is 0 Å². The van der Waals surface area contributed by atoms with Gasteiger partial charge >= 0.3 is 0 Å². The largest absolute Gasteiger partial charge is 0.330 e. The predicted octanol–water partition coefficient (Wildman–Crippen LogP) is 3.26. The Balaban J connectivity index is 1.89. The van der Waals surface area contributed by atoms with Crippen molar-refractivity contribution in [3.63, 3.8) is 0 Å². The molecule has 1 atom stereocenters. The van der Waals surface area contributed by atoms with Gasteiger partial charge in [0.15, 0.2) is 0 Å². The van der Waals surface area contributed by atoms with Crippen molar-refractivity contribution in [2.75, 3.05) is 13.1 Å². The molecule has 1 saturated carbocycles. The van der Waals surface area contributed by atoms with Crippen LogP contribution in [0.4, 0.5) is 0 Å². The minimum Gasteiger partial charge on any atom is -0.330 e. The van der Waals surface area contributed by atoms with Crippen LogP contribution in [0.25, 0.3) is 0 Å². The fourth-order valence-corrected chi connectivity index (χ4v) is 3.66. The molecule has 0 amide bonds. The zero-order chi connectivity index (χ0) is 13.9. The molecule has 1 fully saturated rings. The van der Waals surface area contributed by atoms with Gasteiger partial charge in [0.25, 0.3) is 0 Å². The van der Waals surface area contributed by atoms with E-state index < -0.39 is 0 Å². The summed E-state index contributed by atoms with van der Waals surface area (Å²) < 4.78 is 0. The van der Waals surface area contributed by atoms with Crippen molar-refractivity contribution >= 4 is 11.3 Å². The zero-order valence-corrected chi connectivity index (χ0v) is 13.2. The molecule has 0 aliphatic heterocycles. The van der Waals surface area contributed by atoms with Crippen LogP contribution in [-0.4, -0.2) is 18.1 Å². The number of nitrogens with zero attached hydrogens (tertiary/aromatic N) is 1. The second-order valence-electron chi connectivity index (χ2n) is 6.30. The summed E-state index contributed by atoms with van der Waals surface area (Å²) in [5.41, 5.74) is 6.37. The summed E-state index contributed by atoms with van der Waals surface area (Å²) in [5, 5.41) is 4.85. The lowest BCUT2D eigenvalue weighted by Crippen LogP contribution is -2.43. The van der Waals surface area contributed by atoms with Gasteiger partial charge < -0.3 is 11.1 Å². The van der Waals surface area contributed by atoms with Gasteiger partial charge in [0.1, 0.15) is 5.01 Å². The van der Waals surface area contributed by atoms with E-state index in [4.69, 9.17) is 5.73 Å². The number of nitrogens with one attached hydrogen (secondary N) is 1. The molecule has 1 aromatic rings. The lowest BCUT2D eigenvalue weighted by molar-refractivity contribution is 0.155. The van der Waals surface area contributed by atoms with E-state index in [0.717, 1.165) is 19.0 Å². The van der Waals surface area contributed by atoms with E-state index in [9.17, 15) is 0 Å². The number of thiazole rings is 1. The third-order valence-electron chi connectivity index (χ3n) is 4.56. The molecule has 0 radical (unpaired) electrons. The molecule has 0 bridgehead atoms. The molecule has 1 unspecified atom stereocenters. The Labute approximate surface area is 121 Å². The van der Waals surface area contributed by atoms with Crippen LogP contribution in [0.2, 0.25) is 0 Å². The summed E-state index contributed by atoms with van der Waals surface area (Å²) >= 11 is 1.78. The number of rotatable bonds is 5. The summed E-state index contributed by atoms with van der Waals surface area (Å²) in [5.74, 6) is 0.874. The fraction of sp³-hybridized carbons (Fsp3) is 0.800. The number of nitrogens with two attached hydrogens (primary N) is 1. The average molecular weight is 281 g/mol. The van der Waals surface area contributed by atoms with Crippen molar-refractivity contribution < 1.29 is 0 Å². The summed E-state index contributed by atoms with van der Waals surface area (Å²) in [6, 6.07) is 0.335. The first-order valence-corrected chi connectivity index (χ1v) is 8.22. The first-order valence-electron chi connectivity index (χ1n) is 7.40. The Morgan fingerprint density at radius 1 is 1.53 bits per heavy atom. The Kier molecular flexibility index (Phi) is 4.98. The Morgan fingerprint density at radius 3 is 2.74 bits per heavy atom. The van der Waals surface area contributed by atoms with Crippen LogP contribution in [0.3, 0.4) is 0 Å². The van der Waals surface area contributed by atoms with Crippen molar-refractivity contribution in [1.29, 1.82) is 0 Å².